The maximum Gasteiger partial charge on any atom is 0.459 e. The van der Waals surface area contributed by atoms with Gasteiger partial charge in [-0.25, -0.2) is 4.68 Å². The van der Waals surface area contributed by atoms with Crippen LogP contribution in [0.5, 0.6) is 0 Å². The molecular weight excluding hydrogens is 257 g/mol. The first kappa shape index (κ1) is 14.8. The number of alkyl halides is 5. The van der Waals surface area contributed by atoms with Gasteiger partial charge in [-0.05, 0) is 12.8 Å². The number of rotatable bonds is 5. The number of nitrogens with zero attached hydrogens (tertiary/aromatic N) is 3. The maximum absolute atomic E-state index is 13.3. The highest BCUT2D eigenvalue weighted by molar-refractivity contribution is 5.18. The predicted molar refractivity (Wildman–Crippen MR) is 54.3 cm³/mol. The van der Waals surface area contributed by atoms with Crippen molar-refractivity contribution in [3.8, 4) is 0 Å². The van der Waals surface area contributed by atoms with Gasteiger partial charge in [0.2, 0.25) is 0 Å². The van der Waals surface area contributed by atoms with E-state index >= 15 is 0 Å². The fraction of sp³-hybridized carbons (Fsp3) is 0.800. The zero-order valence-corrected chi connectivity index (χ0v) is 10.1. The number of hydrogen-bond acceptors (Lipinski definition) is 2. The Morgan fingerprint density at radius 1 is 1.06 bits per heavy atom. The molecule has 0 saturated carbocycles. The van der Waals surface area contributed by atoms with Gasteiger partial charge in [0.05, 0.1) is 5.69 Å². The molecule has 0 atom stereocenters. The van der Waals surface area contributed by atoms with Crippen molar-refractivity contribution in [2.24, 2.45) is 0 Å². The van der Waals surface area contributed by atoms with Crippen molar-refractivity contribution in [1.29, 1.82) is 0 Å². The highest BCUT2D eigenvalue weighted by Crippen LogP contribution is 2.44. The summed E-state index contributed by atoms with van der Waals surface area (Å²) in [7, 11) is 0. The molecule has 0 amide bonds. The van der Waals surface area contributed by atoms with Crippen LogP contribution in [-0.2, 0) is 18.9 Å². The van der Waals surface area contributed by atoms with Crippen LogP contribution >= 0.6 is 0 Å². The van der Waals surface area contributed by atoms with E-state index < -0.39 is 17.8 Å². The van der Waals surface area contributed by atoms with Crippen molar-refractivity contribution in [2.75, 3.05) is 0 Å². The Hall–Kier alpha value is -1.21. The third-order valence-corrected chi connectivity index (χ3v) is 2.41. The lowest BCUT2D eigenvalue weighted by Gasteiger charge is -2.18. The summed E-state index contributed by atoms with van der Waals surface area (Å²) in [6.07, 6.45) is -4.54. The van der Waals surface area contributed by atoms with Gasteiger partial charge in [0.25, 0.3) is 0 Å². The first-order valence-electron chi connectivity index (χ1n) is 5.63. The molecule has 0 unspecified atom stereocenters. The van der Waals surface area contributed by atoms with Crippen LogP contribution in [0.3, 0.4) is 0 Å². The second-order valence-electron chi connectivity index (χ2n) is 3.93. The summed E-state index contributed by atoms with van der Waals surface area (Å²) in [4.78, 5) is 0. The Morgan fingerprint density at radius 2 is 1.67 bits per heavy atom. The lowest BCUT2D eigenvalue weighted by atomic mass is 10.1. The standard InChI is InChI=1S/C10H14F5N3/c1-3-5-7-8(9(11,12)10(13,14)15)16-17-18(7)6-4-2/h3-6H2,1-2H3. The highest BCUT2D eigenvalue weighted by atomic mass is 19.4. The number of aryl methyl sites for hydroxylation is 1. The van der Waals surface area contributed by atoms with E-state index in [1.807, 2.05) is 0 Å². The van der Waals surface area contributed by atoms with Crippen LogP contribution in [-0.4, -0.2) is 21.2 Å². The Balaban J connectivity index is 3.24. The molecule has 3 nitrogen and oxygen atoms in total. The minimum Gasteiger partial charge on any atom is -0.249 e. The fourth-order valence-electron chi connectivity index (χ4n) is 1.59. The van der Waals surface area contributed by atoms with Crippen molar-refractivity contribution in [2.45, 2.75) is 51.8 Å². The Bertz CT molecular complexity index is 397. The number of halogens is 5. The smallest absolute Gasteiger partial charge is 0.249 e. The molecule has 1 heterocycles. The molecular formula is C10H14F5N3. The van der Waals surface area contributed by atoms with E-state index in [1.54, 1.807) is 13.8 Å². The molecule has 1 rings (SSSR count). The molecule has 0 bridgehead atoms. The fourth-order valence-corrected chi connectivity index (χ4v) is 1.59. The molecule has 0 aliphatic carbocycles. The molecule has 0 spiro atoms. The van der Waals surface area contributed by atoms with Gasteiger partial charge in [0, 0.05) is 6.54 Å². The average Bonchev–Trinajstić information content (AvgIpc) is 2.62. The summed E-state index contributed by atoms with van der Waals surface area (Å²) in [6, 6.07) is 0. The molecule has 0 N–H and O–H groups in total. The van der Waals surface area contributed by atoms with Gasteiger partial charge in [-0.1, -0.05) is 25.5 Å². The summed E-state index contributed by atoms with van der Waals surface area (Å²) >= 11 is 0. The highest BCUT2D eigenvalue weighted by Gasteiger charge is 2.61. The van der Waals surface area contributed by atoms with Gasteiger partial charge in [-0.15, -0.1) is 5.10 Å². The Kier molecular flexibility index (Phi) is 4.28. The molecule has 1 aromatic heterocycles. The van der Waals surface area contributed by atoms with Crippen LogP contribution in [0.2, 0.25) is 0 Å². The third kappa shape index (κ3) is 2.62. The van der Waals surface area contributed by atoms with E-state index in [0.717, 1.165) is 4.68 Å². The predicted octanol–water partition coefficient (Wildman–Crippen LogP) is 3.29. The summed E-state index contributed by atoms with van der Waals surface area (Å²) in [5.74, 6) is -4.95. The van der Waals surface area contributed by atoms with E-state index in [9.17, 15) is 22.0 Å². The summed E-state index contributed by atoms with van der Waals surface area (Å²) in [5.41, 5.74) is -1.41. The third-order valence-electron chi connectivity index (χ3n) is 2.41. The van der Waals surface area contributed by atoms with Crippen molar-refractivity contribution in [1.82, 2.24) is 15.0 Å². The molecule has 0 aromatic carbocycles. The van der Waals surface area contributed by atoms with Crippen LogP contribution in [0.1, 0.15) is 38.1 Å². The van der Waals surface area contributed by atoms with Gasteiger partial charge >= 0.3 is 12.1 Å². The molecule has 1 aromatic rings. The van der Waals surface area contributed by atoms with Gasteiger partial charge in [-0.3, -0.25) is 0 Å². The van der Waals surface area contributed by atoms with Gasteiger partial charge in [0.1, 0.15) is 0 Å². The minimum absolute atomic E-state index is 0.0913. The molecule has 8 heteroatoms. The van der Waals surface area contributed by atoms with E-state index in [-0.39, 0.29) is 18.7 Å². The quantitative estimate of drug-likeness (QED) is 0.769. The van der Waals surface area contributed by atoms with E-state index in [0.29, 0.717) is 12.8 Å². The lowest BCUT2D eigenvalue weighted by molar-refractivity contribution is -0.291. The molecule has 0 saturated heterocycles. The van der Waals surface area contributed by atoms with Crippen molar-refractivity contribution in [3.63, 3.8) is 0 Å². The summed E-state index contributed by atoms with van der Waals surface area (Å²) in [5, 5.41) is 6.43. The largest absolute Gasteiger partial charge is 0.459 e. The topological polar surface area (TPSA) is 30.7 Å². The second-order valence-corrected chi connectivity index (χ2v) is 3.93. The number of aromatic nitrogens is 3. The summed E-state index contributed by atoms with van der Waals surface area (Å²) in [6.45, 7) is 3.74. The van der Waals surface area contributed by atoms with Crippen LogP contribution in [0.4, 0.5) is 22.0 Å². The monoisotopic (exact) mass is 271 g/mol. The van der Waals surface area contributed by atoms with Gasteiger partial charge in [-0.2, -0.15) is 22.0 Å². The molecule has 104 valence electrons. The molecule has 18 heavy (non-hydrogen) atoms. The van der Waals surface area contributed by atoms with Crippen molar-refractivity contribution >= 4 is 0 Å². The normalized spacial score (nSPS) is 13.1. The average molecular weight is 271 g/mol. The Morgan fingerprint density at radius 3 is 2.11 bits per heavy atom. The summed E-state index contributed by atoms with van der Waals surface area (Å²) < 4.78 is 64.6. The zero-order chi connectivity index (χ0) is 14.0. The van der Waals surface area contributed by atoms with Crippen LogP contribution < -0.4 is 0 Å². The van der Waals surface area contributed by atoms with Gasteiger partial charge < -0.3 is 0 Å². The van der Waals surface area contributed by atoms with E-state index in [1.165, 1.54) is 0 Å². The van der Waals surface area contributed by atoms with Crippen LogP contribution in [0, 0.1) is 0 Å². The molecule has 0 aliphatic heterocycles. The molecule has 0 fully saturated rings. The first-order valence-corrected chi connectivity index (χ1v) is 5.63. The molecule has 0 radical (unpaired) electrons. The maximum atomic E-state index is 13.3. The minimum atomic E-state index is -5.65. The van der Waals surface area contributed by atoms with Crippen molar-refractivity contribution in [3.05, 3.63) is 11.4 Å². The first-order chi connectivity index (χ1) is 8.25. The molecule has 0 aliphatic rings. The second kappa shape index (κ2) is 5.19. The van der Waals surface area contributed by atoms with E-state index in [2.05, 4.69) is 10.3 Å². The van der Waals surface area contributed by atoms with Crippen LogP contribution in [0.25, 0.3) is 0 Å². The van der Waals surface area contributed by atoms with Gasteiger partial charge in [0.15, 0.2) is 5.69 Å². The van der Waals surface area contributed by atoms with Crippen LogP contribution in [0.15, 0.2) is 0 Å². The number of hydrogen-bond donors (Lipinski definition) is 0. The Labute approximate surface area is 101 Å². The van der Waals surface area contributed by atoms with E-state index in [4.69, 9.17) is 0 Å². The van der Waals surface area contributed by atoms with Crippen molar-refractivity contribution < 1.29 is 22.0 Å². The SMILES string of the molecule is CCCc1c(C(F)(F)C(F)(F)F)nnn1CCC. The zero-order valence-electron chi connectivity index (χ0n) is 10.1. The lowest BCUT2D eigenvalue weighted by Crippen LogP contribution is -2.35.